The molecule has 0 aliphatic carbocycles. The molecule has 8 heteroatoms. The molecule has 1 saturated heterocycles. The van der Waals surface area contributed by atoms with Gasteiger partial charge in [0.25, 0.3) is 0 Å². The lowest BCUT2D eigenvalue weighted by Gasteiger charge is -2.13. The zero-order valence-electron chi connectivity index (χ0n) is 10.0. The zero-order valence-corrected chi connectivity index (χ0v) is 11.6. The average Bonchev–Trinajstić information content (AvgIpc) is 2.95. The number of rotatable bonds is 4. The standard InChI is InChI=1S/C10H14N4O2S2/c1-7(15)11-9-12-13-10(18-9)17-6-8(16)14-4-2-3-5-14/h2-6H2,1H3,(H,11,12,15). The van der Waals surface area contributed by atoms with Crippen molar-refractivity contribution in [3.63, 3.8) is 0 Å². The second kappa shape index (κ2) is 6.14. The maximum atomic E-state index is 11.8. The van der Waals surface area contributed by atoms with Crippen LogP contribution in [0.2, 0.25) is 0 Å². The summed E-state index contributed by atoms with van der Waals surface area (Å²) in [6, 6.07) is 0. The highest BCUT2D eigenvalue weighted by molar-refractivity contribution is 8.01. The average molecular weight is 286 g/mol. The summed E-state index contributed by atoms with van der Waals surface area (Å²) in [5.41, 5.74) is 0. The topological polar surface area (TPSA) is 75.2 Å². The van der Waals surface area contributed by atoms with E-state index in [1.165, 1.54) is 30.0 Å². The van der Waals surface area contributed by atoms with Gasteiger partial charge in [-0.3, -0.25) is 9.59 Å². The van der Waals surface area contributed by atoms with Gasteiger partial charge in [-0.05, 0) is 12.8 Å². The van der Waals surface area contributed by atoms with E-state index in [9.17, 15) is 9.59 Å². The molecular weight excluding hydrogens is 272 g/mol. The smallest absolute Gasteiger partial charge is 0.233 e. The predicted octanol–water partition coefficient (Wildman–Crippen LogP) is 1.21. The number of nitrogens with zero attached hydrogens (tertiary/aromatic N) is 3. The highest BCUT2D eigenvalue weighted by atomic mass is 32.2. The Morgan fingerprint density at radius 1 is 1.39 bits per heavy atom. The fourth-order valence-corrected chi connectivity index (χ4v) is 3.35. The zero-order chi connectivity index (χ0) is 13.0. The van der Waals surface area contributed by atoms with Crippen molar-refractivity contribution in [1.29, 1.82) is 0 Å². The molecule has 2 amide bonds. The number of anilines is 1. The first kappa shape index (κ1) is 13.3. The maximum Gasteiger partial charge on any atom is 0.233 e. The van der Waals surface area contributed by atoms with E-state index in [4.69, 9.17) is 0 Å². The summed E-state index contributed by atoms with van der Waals surface area (Å²) in [5, 5.41) is 10.8. The second-order valence-corrected chi connectivity index (χ2v) is 6.13. The van der Waals surface area contributed by atoms with Crippen molar-refractivity contribution in [2.45, 2.75) is 24.1 Å². The van der Waals surface area contributed by atoms with Crippen LogP contribution in [0.5, 0.6) is 0 Å². The third-order valence-electron chi connectivity index (χ3n) is 2.47. The van der Waals surface area contributed by atoms with Crippen LogP contribution in [-0.4, -0.2) is 45.8 Å². The minimum absolute atomic E-state index is 0.147. The SMILES string of the molecule is CC(=O)Nc1nnc(SCC(=O)N2CCCC2)s1. The van der Waals surface area contributed by atoms with E-state index in [0.29, 0.717) is 15.2 Å². The van der Waals surface area contributed by atoms with E-state index >= 15 is 0 Å². The molecule has 1 N–H and O–H groups in total. The van der Waals surface area contributed by atoms with Crippen molar-refractivity contribution in [3.05, 3.63) is 0 Å². The van der Waals surface area contributed by atoms with E-state index in [1.54, 1.807) is 0 Å². The summed E-state index contributed by atoms with van der Waals surface area (Å²) in [5.74, 6) is 0.360. The summed E-state index contributed by atoms with van der Waals surface area (Å²) in [4.78, 5) is 24.5. The quantitative estimate of drug-likeness (QED) is 0.665. The van der Waals surface area contributed by atoms with E-state index in [-0.39, 0.29) is 11.8 Å². The van der Waals surface area contributed by atoms with Crippen LogP contribution in [0.25, 0.3) is 0 Å². The van der Waals surface area contributed by atoms with Gasteiger partial charge in [-0.2, -0.15) is 0 Å². The third kappa shape index (κ3) is 3.67. The summed E-state index contributed by atoms with van der Waals surface area (Å²) in [7, 11) is 0. The molecular formula is C10H14N4O2S2. The van der Waals surface area contributed by atoms with Gasteiger partial charge in [0.1, 0.15) is 0 Å². The van der Waals surface area contributed by atoms with Gasteiger partial charge in [-0.1, -0.05) is 23.1 Å². The lowest BCUT2D eigenvalue weighted by molar-refractivity contribution is -0.127. The monoisotopic (exact) mass is 286 g/mol. The number of thioether (sulfide) groups is 1. The molecule has 0 unspecified atom stereocenters. The van der Waals surface area contributed by atoms with Gasteiger partial charge in [0.15, 0.2) is 4.34 Å². The molecule has 2 heterocycles. The number of hydrogen-bond donors (Lipinski definition) is 1. The van der Waals surface area contributed by atoms with Crippen LogP contribution in [0, 0.1) is 0 Å². The predicted molar refractivity (Wildman–Crippen MR) is 70.8 cm³/mol. The van der Waals surface area contributed by atoms with Gasteiger partial charge in [-0.15, -0.1) is 10.2 Å². The summed E-state index contributed by atoms with van der Waals surface area (Å²) >= 11 is 2.65. The molecule has 1 fully saturated rings. The fraction of sp³-hybridized carbons (Fsp3) is 0.600. The molecule has 0 atom stereocenters. The molecule has 0 spiro atoms. The van der Waals surface area contributed by atoms with Crippen LogP contribution in [0.15, 0.2) is 4.34 Å². The van der Waals surface area contributed by atoms with Gasteiger partial charge in [0.2, 0.25) is 16.9 Å². The highest BCUT2D eigenvalue weighted by Crippen LogP contribution is 2.25. The minimum atomic E-state index is -0.171. The first-order chi connectivity index (χ1) is 8.65. The van der Waals surface area contributed by atoms with Crippen LogP contribution in [-0.2, 0) is 9.59 Å². The Bertz CT molecular complexity index is 443. The Kier molecular flexibility index (Phi) is 4.54. The van der Waals surface area contributed by atoms with Gasteiger partial charge >= 0.3 is 0 Å². The molecule has 18 heavy (non-hydrogen) atoms. The molecule has 0 radical (unpaired) electrons. The Balaban J connectivity index is 1.80. The number of amides is 2. The summed E-state index contributed by atoms with van der Waals surface area (Å²) in [6.07, 6.45) is 2.20. The van der Waals surface area contributed by atoms with Crippen LogP contribution in [0.3, 0.4) is 0 Å². The van der Waals surface area contributed by atoms with Crippen molar-refractivity contribution < 1.29 is 9.59 Å². The normalized spacial score (nSPS) is 14.8. The third-order valence-corrected chi connectivity index (χ3v) is 4.42. The second-order valence-electron chi connectivity index (χ2n) is 3.93. The van der Waals surface area contributed by atoms with Crippen LogP contribution in [0.4, 0.5) is 5.13 Å². The van der Waals surface area contributed by atoms with Crippen LogP contribution >= 0.6 is 23.1 Å². The lowest BCUT2D eigenvalue weighted by atomic mass is 10.4. The number of likely N-dealkylation sites (tertiary alicyclic amines) is 1. The molecule has 0 saturated carbocycles. The fourth-order valence-electron chi connectivity index (χ4n) is 1.65. The molecule has 2 rings (SSSR count). The van der Waals surface area contributed by atoms with E-state index in [0.717, 1.165) is 25.9 Å². The van der Waals surface area contributed by atoms with Crippen LogP contribution in [0.1, 0.15) is 19.8 Å². The number of nitrogens with one attached hydrogen (secondary N) is 1. The number of carbonyl (C=O) groups excluding carboxylic acids is 2. The molecule has 6 nitrogen and oxygen atoms in total. The first-order valence-electron chi connectivity index (χ1n) is 5.67. The number of carbonyl (C=O) groups is 2. The molecule has 0 aromatic carbocycles. The van der Waals surface area contributed by atoms with Crippen molar-refractivity contribution in [3.8, 4) is 0 Å². The molecule has 0 bridgehead atoms. The van der Waals surface area contributed by atoms with Crippen LogP contribution < -0.4 is 5.32 Å². The first-order valence-corrected chi connectivity index (χ1v) is 7.47. The Labute approximate surface area is 113 Å². The van der Waals surface area contributed by atoms with E-state index in [2.05, 4.69) is 15.5 Å². The van der Waals surface area contributed by atoms with Crippen molar-refractivity contribution in [1.82, 2.24) is 15.1 Å². The van der Waals surface area contributed by atoms with Gasteiger partial charge in [0, 0.05) is 20.0 Å². The number of hydrogen-bond acceptors (Lipinski definition) is 6. The minimum Gasteiger partial charge on any atom is -0.342 e. The molecule has 1 aliphatic rings. The Hall–Kier alpha value is -1.15. The largest absolute Gasteiger partial charge is 0.342 e. The van der Waals surface area contributed by atoms with Gasteiger partial charge in [0.05, 0.1) is 5.75 Å². The Morgan fingerprint density at radius 3 is 2.78 bits per heavy atom. The van der Waals surface area contributed by atoms with E-state index in [1.807, 2.05) is 4.90 Å². The maximum absolute atomic E-state index is 11.8. The van der Waals surface area contributed by atoms with Gasteiger partial charge in [-0.25, -0.2) is 0 Å². The molecule has 98 valence electrons. The lowest BCUT2D eigenvalue weighted by Crippen LogP contribution is -2.29. The Morgan fingerprint density at radius 2 is 2.11 bits per heavy atom. The highest BCUT2D eigenvalue weighted by Gasteiger charge is 2.18. The van der Waals surface area contributed by atoms with E-state index < -0.39 is 0 Å². The molecule has 1 aromatic rings. The van der Waals surface area contributed by atoms with Gasteiger partial charge < -0.3 is 10.2 Å². The number of aromatic nitrogens is 2. The van der Waals surface area contributed by atoms with Crippen molar-refractivity contribution in [2.24, 2.45) is 0 Å². The summed E-state index contributed by atoms with van der Waals surface area (Å²) in [6.45, 7) is 3.16. The summed E-state index contributed by atoms with van der Waals surface area (Å²) < 4.78 is 0.700. The molecule has 1 aliphatic heterocycles. The van der Waals surface area contributed by atoms with Crippen molar-refractivity contribution in [2.75, 3.05) is 24.2 Å². The molecule has 1 aromatic heterocycles. The van der Waals surface area contributed by atoms with Crippen molar-refractivity contribution >= 4 is 40.0 Å².